The van der Waals surface area contributed by atoms with Gasteiger partial charge in [0.2, 0.25) is 6.04 Å². The highest BCUT2D eigenvalue weighted by Crippen LogP contribution is 2.29. The Morgan fingerprint density at radius 3 is 2.68 bits per heavy atom. The molecule has 0 spiro atoms. The lowest BCUT2D eigenvalue weighted by atomic mass is 9.95. The van der Waals surface area contributed by atoms with Gasteiger partial charge in [0.1, 0.15) is 5.82 Å². The van der Waals surface area contributed by atoms with Gasteiger partial charge in [-0.05, 0) is 17.7 Å². The van der Waals surface area contributed by atoms with E-state index >= 15 is 0 Å². The zero-order valence-corrected chi connectivity index (χ0v) is 10.8. The molecule has 1 aromatic carbocycles. The molecule has 0 unspecified atom stereocenters. The Morgan fingerprint density at radius 1 is 1.42 bits per heavy atom. The van der Waals surface area contributed by atoms with Crippen LogP contribution in [0.5, 0.6) is 0 Å². The number of nitro groups is 1. The van der Waals surface area contributed by atoms with Crippen LogP contribution < -0.4 is 0 Å². The number of rotatable bonds is 5. The van der Waals surface area contributed by atoms with Crippen molar-refractivity contribution in [2.75, 3.05) is 33.4 Å². The van der Waals surface area contributed by atoms with Crippen molar-refractivity contribution < 1.29 is 14.1 Å². The fourth-order valence-corrected chi connectivity index (χ4v) is 2.52. The van der Waals surface area contributed by atoms with Crippen LogP contribution >= 0.6 is 0 Å². The molecule has 5 nitrogen and oxygen atoms in total. The van der Waals surface area contributed by atoms with Gasteiger partial charge in [-0.25, -0.2) is 4.39 Å². The fourth-order valence-electron chi connectivity index (χ4n) is 2.52. The first-order chi connectivity index (χ1) is 9.11. The second kappa shape index (κ2) is 6.08. The van der Waals surface area contributed by atoms with E-state index in [2.05, 4.69) is 0 Å². The Hall–Kier alpha value is -1.53. The van der Waals surface area contributed by atoms with Gasteiger partial charge in [0.05, 0.1) is 19.1 Å². The first-order valence-electron chi connectivity index (χ1n) is 6.22. The summed E-state index contributed by atoms with van der Waals surface area (Å²) in [6, 6.07) is 5.34. The van der Waals surface area contributed by atoms with Crippen LogP contribution in [0.2, 0.25) is 0 Å². The third-order valence-corrected chi connectivity index (χ3v) is 3.55. The molecule has 1 aliphatic heterocycles. The Bertz CT molecular complexity index is 438. The van der Waals surface area contributed by atoms with E-state index in [4.69, 9.17) is 4.74 Å². The van der Waals surface area contributed by atoms with Crippen molar-refractivity contribution in [2.24, 2.45) is 0 Å². The first kappa shape index (κ1) is 13.9. The zero-order valence-electron chi connectivity index (χ0n) is 10.8. The topological polar surface area (TPSA) is 55.6 Å². The fraction of sp³-hybridized carbons (Fsp3) is 0.538. The minimum atomic E-state index is -0.637. The molecule has 1 aliphatic rings. The summed E-state index contributed by atoms with van der Waals surface area (Å²) in [5, 5.41) is 11.1. The van der Waals surface area contributed by atoms with Crippen LogP contribution in [0.1, 0.15) is 11.5 Å². The molecular weight excluding hydrogens is 251 g/mol. The summed E-state index contributed by atoms with van der Waals surface area (Å²) in [6.07, 6.45) is 0. The maximum absolute atomic E-state index is 12.9. The molecule has 0 radical (unpaired) electrons. The number of likely N-dealkylation sites (tertiary alicyclic amines) is 1. The molecule has 19 heavy (non-hydrogen) atoms. The number of nitrogens with zero attached hydrogens (tertiary/aromatic N) is 2. The van der Waals surface area contributed by atoms with Gasteiger partial charge in [0, 0.05) is 25.1 Å². The number of hydrogen-bond donors (Lipinski definition) is 0. The zero-order chi connectivity index (χ0) is 13.8. The van der Waals surface area contributed by atoms with Crippen molar-refractivity contribution in [2.45, 2.75) is 12.0 Å². The van der Waals surface area contributed by atoms with Crippen LogP contribution in [0, 0.1) is 15.9 Å². The summed E-state index contributed by atoms with van der Waals surface area (Å²) in [6.45, 7) is 2.26. The number of ether oxygens (including phenoxy) is 1. The number of hydrogen-bond acceptors (Lipinski definition) is 4. The Labute approximate surface area is 111 Å². The SMILES string of the molecule is COCCN1C[C@H](c2ccc(F)cc2)[C@@H]([N+](=O)[O-])C1. The summed E-state index contributed by atoms with van der Waals surface area (Å²) < 4.78 is 17.9. The summed E-state index contributed by atoms with van der Waals surface area (Å²) >= 11 is 0. The Balaban J connectivity index is 2.12. The molecule has 2 rings (SSSR count). The van der Waals surface area contributed by atoms with Gasteiger partial charge in [-0.3, -0.25) is 15.0 Å². The maximum atomic E-state index is 12.9. The van der Waals surface area contributed by atoms with Gasteiger partial charge >= 0.3 is 0 Å². The summed E-state index contributed by atoms with van der Waals surface area (Å²) in [4.78, 5) is 12.9. The van der Waals surface area contributed by atoms with Crippen molar-refractivity contribution in [3.05, 3.63) is 45.8 Å². The summed E-state index contributed by atoms with van der Waals surface area (Å²) in [5.41, 5.74) is 0.822. The van der Waals surface area contributed by atoms with Gasteiger partial charge < -0.3 is 4.74 Å². The third-order valence-electron chi connectivity index (χ3n) is 3.55. The molecule has 6 heteroatoms. The minimum absolute atomic E-state index is 0.188. The van der Waals surface area contributed by atoms with Gasteiger partial charge in [0.25, 0.3) is 0 Å². The van der Waals surface area contributed by atoms with E-state index in [1.54, 1.807) is 19.2 Å². The minimum Gasteiger partial charge on any atom is -0.383 e. The number of halogens is 1. The average molecular weight is 268 g/mol. The van der Waals surface area contributed by atoms with E-state index < -0.39 is 6.04 Å². The second-order valence-electron chi connectivity index (χ2n) is 4.76. The van der Waals surface area contributed by atoms with Crippen LogP contribution in [-0.4, -0.2) is 49.2 Å². The molecule has 104 valence electrons. The highest BCUT2D eigenvalue weighted by molar-refractivity contribution is 5.23. The predicted octanol–water partition coefficient (Wildman–Crippen LogP) is 1.52. The van der Waals surface area contributed by atoms with Crippen LogP contribution in [0.25, 0.3) is 0 Å². The largest absolute Gasteiger partial charge is 0.383 e. The Morgan fingerprint density at radius 2 is 2.11 bits per heavy atom. The third kappa shape index (κ3) is 3.27. The van der Waals surface area contributed by atoms with Crippen LogP contribution in [-0.2, 0) is 4.74 Å². The molecule has 0 aliphatic carbocycles. The van der Waals surface area contributed by atoms with Gasteiger partial charge in [-0.15, -0.1) is 0 Å². The first-order valence-corrected chi connectivity index (χ1v) is 6.22. The van der Waals surface area contributed by atoms with Crippen LogP contribution in [0.4, 0.5) is 4.39 Å². The van der Waals surface area contributed by atoms with Crippen molar-refractivity contribution in [3.8, 4) is 0 Å². The van der Waals surface area contributed by atoms with Gasteiger partial charge in [-0.2, -0.15) is 0 Å². The standard InChI is InChI=1S/C13H17FN2O3/c1-19-7-6-15-8-12(13(9-15)16(17)18)10-2-4-11(14)5-3-10/h2-5,12-13H,6-9H2,1H3/t12-,13+/m1/s1. The van der Waals surface area contributed by atoms with Gasteiger partial charge in [0.15, 0.2) is 0 Å². The Kier molecular flexibility index (Phi) is 4.44. The molecule has 0 N–H and O–H groups in total. The lowest BCUT2D eigenvalue weighted by molar-refractivity contribution is -0.521. The molecule has 1 saturated heterocycles. The highest BCUT2D eigenvalue weighted by atomic mass is 19.1. The van der Waals surface area contributed by atoms with Crippen LogP contribution in [0.3, 0.4) is 0 Å². The average Bonchev–Trinajstić information content (AvgIpc) is 2.81. The van der Waals surface area contributed by atoms with Crippen molar-refractivity contribution in [1.82, 2.24) is 4.90 Å². The highest BCUT2D eigenvalue weighted by Gasteiger charge is 2.41. The molecule has 0 amide bonds. The van der Waals surface area contributed by atoms with Crippen LogP contribution in [0.15, 0.2) is 24.3 Å². The molecule has 1 heterocycles. The van der Waals surface area contributed by atoms with E-state index in [1.165, 1.54) is 12.1 Å². The predicted molar refractivity (Wildman–Crippen MR) is 68.2 cm³/mol. The van der Waals surface area contributed by atoms with E-state index in [0.717, 1.165) is 5.56 Å². The molecule has 0 saturated carbocycles. The summed E-state index contributed by atoms with van der Waals surface area (Å²) in [7, 11) is 1.61. The summed E-state index contributed by atoms with van der Waals surface area (Å²) in [5.74, 6) is -0.511. The second-order valence-corrected chi connectivity index (χ2v) is 4.76. The molecule has 0 bridgehead atoms. The normalized spacial score (nSPS) is 23.7. The lowest BCUT2D eigenvalue weighted by Gasteiger charge is -2.14. The van der Waals surface area contributed by atoms with Crippen molar-refractivity contribution in [3.63, 3.8) is 0 Å². The van der Waals surface area contributed by atoms with E-state index in [9.17, 15) is 14.5 Å². The quantitative estimate of drug-likeness (QED) is 0.600. The van der Waals surface area contributed by atoms with E-state index in [1.807, 2.05) is 4.90 Å². The van der Waals surface area contributed by atoms with Crippen molar-refractivity contribution in [1.29, 1.82) is 0 Å². The number of methoxy groups -OCH3 is 1. The maximum Gasteiger partial charge on any atom is 0.233 e. The molecule has 2 atom stereocenters. The van der Waals surface area contributed by atoms with E-state index in [-0.39, 0.29) is 16.7 Å². The number of benzene rings is 1. The van der Waals surface area contributed by atoms with Gasteiger partial charge in [-0.1, -0.05) is 12.1 Å². The molecule has 1 aromatic rings. The molecular formula is C13H17FN2O3. The van der Waals surface area contributed by atoms with E-state index in [0.29, 0.717) is 26.2 Å². The molecule has 0 aromatic heterocycles. The smallest absolute Gasteiger partial charge is 0.233 e. The van der Waals surface area contributed by atoms with Crippen molar-refractivity contribution >= 4 is 0 Å². The monoisotopic (exact) mass is 268 g/mol. The lowest BCUT2D eigenvalue weighted by Crippen LogP contribution is -2.29. The molecule has 1 fully saturated rings.